The summed E-state index contributed by atoms with van der Waals surface area (Å²) in [5, 5.41) is 2.72. The van der Waals surface area contributed by atoms with E-state index in [1.165, 1.54) is 0 Å². The van der Waals surface area contributed by atoms with Crippen molar-refractivity contribution in [1.29, 1.82) is 0 Å². The third-order valence-corrected chi connectivity index (χ3v) is 4.66. The quantitative estimate of drug-likeness (QED) is 0.663. The Kier molecular flexibility index (Phi) is 3.99. The van der Waals surface area contributed by atoms with E-state index in [1.54, 1.807) is 19.9 Å². The number of urea groups is 1. The van der Waals surface area contributed by atoms with E-state index in [9.17, 15) is 14.4 Å². The van der Waals surface area contributed by atoms with Gasteiger partial charge in [0.15, 0.2) is 5.78 Å². The van der Waals surface area contributed by atoms with E-state index in [0.29, 0.717) is 11.1 Å². The van der Waals surface area contributed by atoms with Crippen molar-refractivity contribution in [2.24, 2.45) is 0 Å². The summed E-state index contributed by atoms with van der Waals surface area (Å²) in [6, 6.07) is 8.59. The molecule has 1 aromatic heterocycles. The number of rotatable bonds is 4. The Hall–Kier alpha value is -2.89. The second kappa shape index (κ2) is 5.88. The van der Waals surface area contributed by atoms with E-state index in [-0.39, 0.29) is 12.3 Å². The molecule has 6 heteroatoms. The number of aromatic nitrogens is 1. The number of amides is 3. The summed E-state index contributed by atoms with van der Waals surface area (Å²) >= 11 is 0. The zero-order valence-electron chi connectivity index (χ0n) is 14.8. The monoisotopic (exact) mass is 339 g/mol. The molecule has 0 radical (unpaired) electrons. The first-order chi connectivity index (χ1) is 11.7. The largest absolute Gasteiger partial charge is 0.362 e. The van der Waals surface area contributed by atoms with Gasteiger partial charge in [-0.2, -0.15) is 0 Å². The van der Waals surface area contributed by atoms with Crippen LogP contribution in [0.25, 0.3) is 0 Å². The number of Topliss-reactive ketones (excluding diaryl/α,β-unsaturated/α-hetero) is 1. The number of hydrogen-bond donors (Lipinski definition) is 2. The molecule has 0 saturated carbocycles. The van der Waals surface area contributed by atoms with E-state index < -0.39 is 17.5 Å². The van der Waals surface area contributed by atoms with Gasteiger partial charge in [0.1, 0.15) is 5.54 Å². The van der Waals surface area contributed by atoms with Gasteiger partial charge in [-0.15, -0.1) is 0 Å². The van der Waals surface area contributed by atoms with Crippen LogP contribution >= 0.6 is 0 Å². The number of aromatic amines is 1. The number of carbonyl (C=O) groups is 3. The first kappa shape index (κ1) is 17.0. The van der Waals surface area contributed by atoms with Gasteiger partial charge in [0, 0.05) is 17.0 Å². The third-order valence-electron chi connectivity index (χ3n) is 4.66. The number of imide groups is 1. The van der Waals surface area contributed by atoms with Crippen LogP contribution in [0.2, 0.25) is 0 Å². The lowest BCUT2D eigenvalue weighted by Gasteiger charge is -2.22. The predicted octanol–water partition coefficient (Wildman–Crippen LogP) is 2.59. The Balaban J connectivity index is 1.85. The number of benzene rings is 1. The molecule has 3 rings (SSSR count). The molecule has 1 aliphatic heterocycles. The number of aryl methyl sites for hydroxylation is 3. The van der Waals surface area contributed by atoms with Crippen LogP contribution in [0.4, 0.5) is 4.79 Å². The van der Waals surface area contributed by atoms with Crippen molar-refractivity contribution >= 4 is 17.7 Å². The second-order valence-electron chi connectivity index (χ2n) is 6.73. The molecule has 130 valence electrons. The topological polar surface area (TPSA) is 82.3 Å². The Morgan fingerprint density at radius 3 is 2.32 bits per heavy atom. The molecule has 0 spiro atoms. The van der Waals surface area contributed by atoms with Crippen LogP contribution in [0.3, 0.4) is 0 Å². The smallest absolute Gasteiger partial charge is 0.325 e. The maximum atomic E-state index is 12.9. The van der Waals surface area contributed by atoms with Crippen LogP contribution in [-0.2, 0) is 10.3 Å². The van der Waals surface area contributed by atoms with Crippen LogP contribution < -0.4 is 5.32 Å². The fourth-order valence-electron chi connectivity index (χ4n) is 3.17. The van der Waals surface area contributed by atoms with Crippen LogP contribution in [0.15, 0.2) is 30.3 Å². The second-order valence-corrected chi connectivity index (χ2v) is 6.73. The van der Waals surface area contributed by atoms with E-state index in [4.69, 9.17) is 0 Å². The fourth-order valence-corrected chi connectivity index (χ4v) is 3.17. The van der Waals surface area contributed by atoms with Gasteiger partial charge in [0.05, 0.1) is 6.54 Å². The molecular weight excluding hydrogens is 318 g/mol. The van der Waals surface area contributed by atoms with Gasteiger partial charge < -0.3 is 10.3 Å². The summed E-state index contributed by atoms with van der Waals surface area (Å²) in [5.41, 5.74) is 2.70. The molecule has 2 heterocycles. The van der Waals surface area contributed by atoms with Gasteiger partial charge in [-0.25, -0.2) is 4.79 Å². The first-order valence-corrected chi connectivity index (χ1v) is 8.13. The van der Waals surface area contributed by atoms with Gasteiger partial charge >= 0.3 is 6.03 Å². The summed E-state index contributed by atoms with van der Waals surface area (Å²) in [7, 11) is 0. The SMILES string of the molecule is Cc1ccc([C@@]2(C)NC(=O)N(CC(=O)c3cc(C)[nH]c3C)C2=O)cc1. The van der Waals surface area contributed by atoms with E-state index >= 15 is 0 Å². The minimum atomic E-state index is -1.16. The van der Waals surface area contributed by atoms with Gasteiger partial charge in [0.2, 0.25) is 0 Å². The minimum absolute atomic E-state index is 0.265. The fraction of sp³-hybridized carbons (Fsp3) is 0.316. The summed E-state index contributed by atoms with van der Waals surface area (Å²) in [4.78, 5) is 41.8. The summed E-state index contributed by atoms with van der Waals surface area (Å²) in [5.74, 6) is -0.682. The van der Waals surface area contributed by atoms with Crippen molar-refractivity contribution in [3.8, 4) is 0 Å². The maximum absolute atomic E-state index is 12.9. The zero-order chi connectivity index (χ0) is 18.4. The average molecular weight is 339 g/mol. The highest BCUT2D eigenvalue weighted by atomic mass is 16.2. The highest BCUT2D eigenvalue weighted by molar-refractivity contribution is 6.11. The molecule has 1 aromatic carbocycles. The summed E-state index contributed by atoms with van der Waals surface area (Å²) < 4.78 is 0. The van der Waals surface area contributed by atoms with Crippen LogP contribution in [0, 0.1) is 20.8 Å². The molecule has 0 aliphatic carbocycles. The number of hydrogen-bond acceptors (Lipinski definition) is 3. The van der Waals surface area contributed by atoms with Crippen LogP contribution in [0.1, 0.15) is 39.8 Å². The molecule has 2 N–H and O–H groups in total. The molecule has 1 aliphatic rings. The number of nitrogens with one attached hydrogen (secondary N) is 2. The molecule has 0 bridgehead atoms. The van der Waals surface area contributed by atoms with Crippen molar-refractivity contribution in [2.45, 2.75) is 33.2 Å². The van der Waals surface area contributed by atoms with Crippen molar-refractivity contribution in [3.05, 3.63) is 58.4 Å². The molecule has 0 unspecified atom stereocenters. The van der Waals surface area contributed by atoms with Gasteiger partial charge in [-0.3, -0.25) is 14.5 Å². The molecule has 6 nitrogen and oxygen atoms in total. The van der Waals surface area contributed by atoms with E-state index in [0.717, 1.165) is 21.9 Å². The normalized spacial score (nSPS) is 20.1. The molecule has 1 atom stereocenters. The lowest BCUT2D eigenvalue weighted by Crippen LogP contribution is -2.41. The van der Waals surface area contributed by atoms with Crippen molar-refractivity contribution in [3.63, 3.8) is 0 Å². The Labute approximate surface area is 146 Å². The highest BCUT2D eigenvalue weighted by Gasteiger charge is 2.49. The molecule has 1 fully saturated rings. The van der Waals surface area contributed by atoms with Gasteiger partial charge in [-0.05, 0) is 39.3 Å². The molecule has 2 aromatic rings. The standard InChI is InChI=1S/C19H21N3O3/c1-11-5-7-14(8-6-11)19(4)17(24)22(18(25)21-19)10-16(23)15-9-12(2)20-13(15)3/h5-9,20H,10H2,1-4H3,(H,21,25)/t19-/m1/s1. The Morgan fingerprint density at radius 1 is 1.12 bits per heavy atom. The zero-order valence-corrected chi connectivity index (χ0v) is 14.8. The number of ketones is 1. The summed E-state index contributed by atoms with van der Waals surface area (Å²) in [6.07, 6.45) is 0. The van der Waals surface area contributed by atoms with Crippen LogP contribution in [-0.4, -0.2) is 34.2 Å². The molecule has 1 saturated heterocycles. The van der Waals surface area contributed by atoms with Gasteiger partial charge in [0.25, 0.3) is 5.91 Å². The third kappa shape index (κ3) is 2.84. The Morgan fingerprint density at radius 2 is 1.76 bits per heavy atom. The molecule has 3 amide bonds. The Bertz CT molecular complexity index is 867. The molecule has 25 heavy (non-hydrogen) atoms. The summed E-state index contributed by atoms with van der Waals surface area (Å²) in [6.45, 7) is 6.99. The van der Waals surface area contributed by atoms with Crippen molar-refractivity contribution in [1.82, 2.24) is 15.2 Å². The van der Waals surface area contributed by atoms with Crippen molar-refractivity contribution < 1.29 is 14.4 Å². The van der Waals surface area contributed by atoms with Gasteiger partial charge in [-0.1, -0.05) is 29.8 Å². The predicted molar refractivity (Wildman–Crippen MR) is 93.4 cm³/mol. The minimum Gasteiger partial charge on any atom is -0.362 e. The average Bonchev–Trinajstić information content (AvgIpc) is 3.00. The molecular formula is C19H21N3O3. The van der Waals surface area contributed by atoms with E-state index in [1.807, 2.05) is 38.1 Å². The lowest BCUT2D eigenvalue weighted by molar-refractivity contribution is -0.130. The number of carbonyl (C=O) groups excluding carboxylic acids is 3. The first-order valence-electron chi connectivity index (χ1n) is 8.13. The number of nitrogens with zero attached hydrogens (tertiary/aromatic N) is 1. The highest BCUT2D eigenvalue weighted by Crippen LogP contribution is 2.29. The lowest BCUT2D eigenvalue weighted by atomic mass is 9.91. The van der Waals surface area contributed by atoms with Crippen molar-refractivity contribution in [2.75, 3.05) is 6.54 Å². The van der Waals surface area contributed by atoms with E-state index in [2.05, 4.69) is 10.3 Å². The van der Waals surface area contributed by atoms with Crippen LogP contribution in [0.5, 0.6) is 0 Å². The maximum Gasteiger partial charge on any atom is 0.325 e. The number of H-pyrrole nitrogens is 1.